The van der Waals surface area contributed by atoms with Crippen molar-refractivity contribution in [2.24, 2.45) is 0 Å². The summed E-state index contributed by atoms with van der Waals surface area (Å²) in [6.07, 6.45) is -3.08. The van der Waals surface area contributed by atoms with E-state index in [1.807, 2.05) is 0 Å². The molecule has 114 valence electrons. The van der Waals surface area contributed by atoms with Crippen LogP contribution >= 0.6 is 0 Å². The van der Waals surface area contributed by atoms with Gasteiger partial charge in [0.25, 0.3) is 0 Å². The van der Waals surface area contributed by atoms with Gasteiger partial charge in [-0.2, -0.15) is 0 Å². The normalized spacial score (nSPS) is 45.5. The zero-order valence-corrected chi connectivity index (χ0v) is 12.0. The number of hydrogen-bond donors (Lipinski definition) is 1. The molecule has 3 heterocycles. The molecule has 0 amide bonds. The molecule has 0 aromatic carbocycles. The van der Waals surface area contributed by atoms with Gasteiger partial charge in [-0.25, -0.2) is 4.79 Å². The molecule has 5 atom stereocenters. The van der Waals surface area contributed by atoms with Gasteiger partial charge in [0.15, 0.2) is 23.8 Å². The Hall–Kier alpha value is -0.730. The number of ether oxygens (including phenoxy) is 5. The Morgan fingerprint density at radius 1 is 0.950 bits per heavy atom. The Morgan fingerprint density at radius 3 is 2.20 bits per heavy atom. The fraction of sp³-hybridized carbons (Fsp3) is 0.923. The fourth-order valence-corrected chi connectivity index (χ4v) is 3.02. The molecular weight excluding hydrogens is 268 g/mol. The third kappa shape index (κ3) is 2.23. The molecule has 0 aliphatic carbocycles. The highest BCUT2D eigenvalue weighted by Gasteiger charge is 2.61. The van der Waals surface area contributed by atoms with E-state index in [4.69, 9.17) is 23.7 Å². The van der Waals surface area contributed by atoms with Gasteiger partial charge in [0, 0.05) is 0 Å². The minimum atomic E-state index is -0.837. The van der Waals surface area contributed by atoms with Crippen LogP contribution in [0.5, 0.6) is 0 Å². The molecule has 20 heavy (non-hydrogen) atoms. The second-order valence-corrected chi connectivity index (χ2v) is 6.24. The summed E-state index contributed by atoms with van der Waals surface area (Å²) in [7, 11) is 0. The maximum atomic E-state index is 11.9. The first-order valence-electron chi connectivity index (χ1n) is 6.75. The predicted molar refractivity (Wildman–Crippen MR) is 64.6 cm³/mol. The van der Waals surface area contributed by atoms with Crippen molar-refractivity contribution in [1.29, 1.82) is 0 Å². The van der Waals surface area contributed by atoms with Gasteiger partial charge in [0.1, 0.15) is 18.3 Å². The van der Waals surface area contributed by atoms with Crippen LogP contribution in [0.15, 0.2) is 0 Å². The van der Waals surface area contributed by atoms with Crippen molar-refractivity contribution in [1.82, 2.24) is 0 Å². The summed E-state index contributed by atoms with van der Waals surface area (Å²) >= 11 is 0. The van der Waals surface area contributed by atoms with E-state index < -0.39 is 48.1 Å². The first-order chi connectivity index (χ1) is 9.22. The van der Waals surface area contributed by atoms with Gasteiger partial charge in [-0.3, -0.25) is 0 Å². The monoisotopic (exact) mass is 288 g/mol. The van der Waals surface area contributed by atoms with E-state index in [0.717, 1.165) is 0 Å². The van der Waals surface area contributed by atoms with Crippen LogP contribution in [-0.2, 0) is 28.5 Å². The zero-order chi connectivity index (χ0) is 14.7. The Morgan fingerprint density at radius 2 is 1.55 bits per heavy atom. The molecular formula is C13H20O7. The van der Waals surface area contributed by atoms with Gasteiger partial charge < -0.3 is 28.8 Å². The van der Waals surface area contributed by atoms with Crippen LogP contribution in [0.3, 0.4) is 0 Å². The fourth-order valence-electron chi connectivity index (χ4n) is 3.02. The van der Waals surface area contributed by atoms with Gasteiger partial charge in [-0.1, -0.05) is 0 Å². The molecule has 7 nitrogen and oxygen atoms in total. The predicted octanol–water partition coefficient (Wildman–Crippen LogP) is -0.0557. The molecule has 0 spiro atoms. The average molecular weight is 288 g/mol. The van der Waals surface area contributed by atoms with Gasteiger partial charge in [-0.05, 0) is 27.7 Å². The molecule has 3 aliphatic rings. The molecule has 0 bridgehead atoms. The van der Waals surface area contributed by atoms with E-state index >= 15 is 0 Å². The summed E-state index contributed by atoms with van der Waals surface area (Å²) in [5.74, 6) is -2.13. The van der Waals surface area contributed by atoms with Crippen LogP contribution in [0.2, 0.25) is 0 Å². The molecule has 7 heteroatoms. The Labute approximate surface area is 117 Å². The number of aliphatic hydroxyl groups is 1. The quantitative estimate of drug-likeness (QED) is 0.713. The van der Waals surface area contributed by atoms with Crippen LogP contribution in [0.4, 0.5) is 0 Å². The van der Waals surface area contributed by atoms with Crippen LogP contribution in [0.1, 0.15) is 27.7 Å². The molecule has 3 rings (SSSR count). The van der Waals surface area contributed by atoms with Crippen LogP contribution in [0.25, 0.3) is 0 Å². The summed E-state index contributed by atoms with van der Waals surface area (Å²) in [4.78, 5) is 11.9. The van der Waals surface area contributed by atoms with Crippen LogP contribution in [0, 0.1) is 0 Å². The van der Waals surface area contributed by atoms with Gasteiger partial charge in [0.05, 0.1) is 6.61 Å². The topological polar surface area (TPSA) is 83.5 Å². The number of hydrogen-bond acceptors (Lipinski definition) is 7. The molecule has 1 N–H and O–H groups in total. The number of carbonyl (C=O) groups excluding carboxylic acids is 1. The van der Waals surface area contributed by atoms with Crippen LogP contribution in [-0.4, -0.2) is 59.8 Å². The lowest BCUT2D eigenvalue weighted by molar-refractivity contribution is -0.201. The van der Waals surface area contributed by atoms with Crippen molar-refractivity contribution >= 4 is 5.97 Å². The number of esters is 1. The minimum absolute atomic E-state index is 0.218. The molecule has 3 fully saturated rings. The number of rotatable bonds is 2. The smallest absolute Gasteiger partial charge is 0.338 e. The highest BCUT2D eigenvalue weighted by Crippen LogP contribution is 2.41. The van der Waals surface area contributed by atoms with Crippen molar-refractivity contribution < 1.29 is 33.6 Å². The summed E-state index contributed by atoms with van der Waals surface area (Å²) in [5, 5.41) is 9.42. The summed E-state index contributed by atoms with van der Waals surface area (Å²) in [6, 6.07) is 0. The third-order valence-corrected chi connectivity index (χ3v) is 3.66. The van der Waals surface area contributed by atoms with E-state index in [1.165, 1.54) is 0 Å². The van der Waals surface area contributed by atoms with Gasteiger partial charge in [0.2, 0.25) is 0 Å². The van der Waals surface area contributed by atoms with Crippen molar-refractivity contribution in [3.63, 3.8) is 0 Å². The van der Waals surface area contributed by atoms with E-state index in [0.29, 0.717) is 0 Å². The average Bonchev–Trinajstić information content (AvgIpc) is 2.90. The zero-order valence-electron chi connectivity index (χ0n) is 12.0. The van der Waals surface area contributed by atoms with Crippen molar-refractivity contribution in [3.05, 3.63) is 0 Å². The van der Waals surface area contributed by atoms with E-state index in [1.54, 1.807) is 27.7 Å². The molecule has 3 aliphatic heterocycles. The molecule has 0 unspecified atom stereocenters. The first kappa shape index (κ1) is 14.2. The van der Waals surface area contributed by atoms with Crippen molar-refractivity contribution in [3.8, 4) is 0 Å². The van der Waals surface area contributed by atoms with Crippen LogP contribution < -0.4 is 0 Å². The Bertz CT molecular complexity index is 419. The Balaban J connectivity index is 1.82. The molecule has 0 radical (unpaired) electrons. The van der Waals surface area contributed by atoms with Gasteiger partial charge >= 0.3 is 5.97 Å². The summed E-state index contributed by atoms with van der Waals surface area (Å²) in [6.45, 7) is 6.77. The van der Waals surface area contributed by atoms with E-state index in [2.05, 4.69) is 0 Å². The van der Waals surface area contributed by atoms with Crippen molar-refractivity contribution in [2.45, 2.75) is 69.8 Å². The SMILES string of the molecule is CC1(C)O[C@@H]([C@@H]2OC(=O)[C@H]3OC(C)(C)O[C@@H]23)[C@H](CO)O1. The highest BCUT2D eigenvalue weighted by molar-refractivity contribution is 5.78. The standard InChI is InChI=1S/C13H20O7/c1-12(2)17-6(5-14)7(18-12)8-9-10(11(15)16-8)20-13(3,4)19-9/h6-10,14H,5H2,1-4H3/t6-,7+,8-,9-,10-/m0/s1. The Kier molecular flexibility index (Phi) is 3.11. The number of carbonyl (C=O) groups is 1. The largest absolute Gasteiger partial charge is 0.455 e. The van der Waals surface area contributed by atoms with Crippen molar-refractivity contribution in [2.75, 3.05) is 6.61 Å². The number of aliphatic hydroxyl groups excluding tert-OH is 1. The van der Waals surface area contributed by atoms with E-state index in [9.17, 15) is 9.90 Å². The van der Waals surface area contributed by atoms with Gasteiger partial charge in [-0.15, -0.1) is 0 Å². The molecule has 3 saturated heterocycles. The molecule has 0 aromatic heterocycles. The lowest BCUT2D eigenvalue weighted by Gasteiger charge is -2.26. The lowest BCUT2D eigenvalue weighted by atomic mass is 10.0. The maximum Gasteiger partial charge on any atom is 0.338 e. The lowest BCUT2D eigenvalue weighted by Crippen LogP contribution is -2.45. The first-order valence-corrected chi connectivity index (χ1v) is 6.75. The highest BCUT2D eigenvalue weighted by atomic mass is 16.8. The molecule has 0 saturated carbocycles. The second-order valence-electron chi connectivity index (χ2n) is 6.24. The second kappa shape index (κ2) is 4.38. The molecule has 0 aromatic rings. The maximum absolute atomic E-state index is 11.9. The third-order valence-electron chi connectivity index (χ3n) is 3.66. The summed E-state index contributed by atoms with van der Waals surface area (Å²) in [5.41, 5.74) is 0. The summed E-state index contributed by atoms with van der Waals surface area (Å²) < 4.78 is 28.0. The number of fused-ring (bicyclic) bond motifs is 1. The van der Waals surface area contributed by atoms with E-state index in [-0.39, 0.29) is 6.61 Å². The number of cyclic esters (lactones) is 1. The minimum Gasteiger partial charge on any atom is -0.455 e.